The lowest BCUT2D eigenvalue weighted by Crippen LogP contribution is -2.27. The smallest absolute Gasteiger partial charge is 0.0543 e. The van der Waals surface area contributed by atoms with E-state index in [0.717, 1.165) is 12.8 Å². The van der Waals surface area contributed by atoms with Crippen molar-refractivity contribution < 1.29 is 10.2 Å². The van der Waals surface area contributed by atoms with Crippen molar-refractivity contribution in [3.63, 3.8) is 0 Å². The molecule has 0 aromatic heterocycles. The van der Waals surface area contributed by atoms with Gasteiger partial charge in [-0.15, -0.1) is 0 Å². The topological polar surface area (TPSA) is 40.5 Å². The Kier molecular flexibility index (Phi) is 5.51. The van der Waals surface area contributed by atoms with Gasteiger partial charge in [0.15, 0.2) is 0 Å². The molecule has 0 fully saturated rings. The number of aliphatic hydroxyl groups is 2. The molecule has 0 amide bonds. The highest BCUT2D eigenvalue weighted by atomic mass is 16.3. The molecule has 0 aliphatic carbocycles. The Labute approximate surface area is 69.2 Å². The summed E-state index contributed by atoms with van der Waals surface area (Å²) in [4.78, 5) is 0. The van der Waals surface area contributed by atoms with E-state index in [0.29, 0.717) is 0 Å². The number of hydrogen-bond acceptors (Lipinski definition) is 2. The molecule has 0 heterocycles. The zero-order valence-electron chi connectivity index (χ0n) is 7.75. The van der Waals surface area contributed by atoms with Crippen LogP contribution in [0.15, 0.2) is 0 Å². The maximum Gasteiger partial charge on any atom is 0.0543 e. The third-order valence-corrected chi connectivity index (χ3v) is 2.46. The molecule has 0 aromatic rings. The van der Waals surface area contributed by atoms with Gasteiger partial charge in [-0.1, -0.05) is 26.7 Å². The van der Waals surface area contributed by atoms with Crippen LogP contribution in [0.1, 0.15) is 33.6 Å². The maximum absolute atomic E-state index is 9.33. The van der Waals surface area contributed by atoms with E-state index >= 15 is 0 Å². The number of aliphatic hydroxyl groups excluding tert-OH is 2. The minimum Gasteiger partial charge on any atom is -0.396 e. The Hall–Kier alpha value is -0.0800. The summed E-state index contributed by atoms with van der Waals surface area (Å²) in [6.45, 7) is 6.09. The fraction of sp³-hybridized carbons (Fsp3) is 1.00. The van der Waals surface area contributed by atoms with Crippen LogP contribution in [0.25, 0.3) is 0 Å². The zero-order valence-corrected chi connectivity index (χ0v) is 7.75. The minimum atomic E-state index is -0.294. The summed E-state index contributed by atoms with van der Waals surface area (Å²) in [5.74, 6) is 0.519. The van der Waals surface area contributed by atoms with Crippen LogP contribution in [0.5, 0.6) is 0 Å². The van der Waals surface area contributed by atoms with E-state index in [-0.39, 0.29) is 24.5 Å². The van der Waals surface area contributed by atoms with Gasteiger partial charge in [-0.25, -0.2) is 0 Å². The largest absolute Gasteiger partial charge is 0.396 e. The average molecular weight is 160 g/mol. The van der Waals surface area contributed by atoms with Crippen LogP contribution in [-0.2, 0) is 0 Å². The summed E-state index contributed by atoms with van der Waals surface area (Å²) in [7, 11) is 0. The van der Waals surface area contributed by atoms with Crippen LogP contribution >= 0.6 is 0 Å². The van der Waals surface area contributed by atoms with Crippen molar-refractivity contribution in [1.82, 2.24) is 0 Å². The van der Waals surface area contributed by atoms with E-state index in [9.17, 15) is 5.11 Å². The molecule has 3 unspecified atom stereocenters. The third kappa shape index (κ3) is 3.21. The first-order valence-corrected chi connectivity index (χ1v) is 4.46. The summed E-state index contributed by atoms with van der Waals surface area (Å²) in [6.07, 6.45) is 1.59. The summed E-state index contributed by atoms with van der Waals surface area (Å²) in [5, 5.41) is 18.3. The molecular formula is C9H20O2. The summed E-state index contributed by atoms with van der Waals surface area (Å²) < 4.78 is 0. The molecule has 0 aromatic carbocycles. The van der Waals surface area contributed by atoms with E-state index in [4.69, 9.17) is 5.11 Å². The van der Waals surface area contributed by atoms with Gasteiger partial charge in [0.05, 0.1) is 6.10 Å². The Morgan fingerprint density at radius 2 is 1.73 bits per heavy atom. The summed E-state index contributed by atoms with van der Waals surface area (Å²) in [5.41, 5.74) is 0. The minimum absolute atomic E-state index is 0.194. The summed E-state index contributed by atoms with van der Waals surface area (Å²) in [6, 6.07) is 0. The lowest BCUT2D eigenvalue weighted by molar-refractivity contribution is 0.0559. The van der Waals surface area contributed by atoms with Crippen LogP contribution in [0.4, 0.5) is 0 Å². The highest BCUT2D eigenvalue weighted by molar-refractivity contribution is 4.71. The maximum atomic E-state index is 9.33. The van der Waals surface area contributed by atoms with Gasteiger partial charge in [-0.05, 0) is 18.8 Å². The Balaban J connectivity index is 3.98. The number of hydrogen-bond donors (Lipinski definition) is 2. The van der Waals surface area contributed by atoms with Gasteiger partial charge in [0.2, 0.25) is 0 Å². The zero-order chi connectivity index (χ0) is 8.85. The van der Waals surface area contributed by atoms with Gasteiger partial charge in [0.25, 0.3) is 0 Å². The molecule has 2 heteroatoms. The van der Waals surface area contributed by atoms with Crippen LogP contribution in [-0.4, -0.2) is 22.9 Å². The van der Waals surface area contributed by atoms with E-state index in [1.165, 1.54) is 0 Å². The van der Waals surface area contributed by atoms with Crippen LogP contribution in [0.3, 0.4) is 0 Å². The van der Waals surface area contributed by atoms with Gasteiger partial charge >= 0.3 is 0 Å². The third-order valence-electron chi connectivity index (χ3n) is 2.46. The molecule has 2 N–H and O–H groups in total. The molecule has 68 valence electrons. The SMILES string of the molecule is CCC(CO)C(CC)C(C)O. The van der Waals surface area contributed by atoms with Crippen LogP contribution in [0.2, 0.25) is 0 Å². The molecule has 11 heavy (non-hydrogen) atoms. The van der Waals surface area contributed by atoms with Crippen molar-refractivity contribution in [3.8, 4) is 0 Å². The molecule has 0 aliphatic heterocycles. The molecule has 0 spiro atoms. The molecule has 0 saturated carbocycles. The molecule has 0 radical (unpaired) electrons. The molecular weight excluding hydrogens is 140 g/mol. The van der Waals surface area contributed by atoms with Gasteiger partial charge in [0.1, 0.15) is 0 Å². The predicted molar refractivity (Wildman–Crippen MR) is 46.3 cm³/mol. The van der Waals surface area contributed by atoms with Gasteiger partial charge in [-0.3, -0.25) is 0 Å². The van der Waals surface area contributed by atoms with Crippen molar-refractivity contribution in [1.29, 1.82) is 0 Å². The monoisotopic (exact) mass is 160 g/mol. The van der Waals surface area contributed by atoms with Crippen molar-refractivity contribution in [3.05, 3.63) is 0 Å². The van der Waals surface area contributed by atoms with Crippen molar-refractivity contribution in [2.45, 2.75) is 39.7 Å². The highest BCUT2D eigenvalue weighted by Gasteiger charge is 2.21. The Bertz CT molecular complexity index is 87.6. The van der Waals surface area contributed by atoms with Gasteiger partial charge in [0, 0.05) is 6.61 Å². The normalized spacial score (nSPS) is 19.4. The Morgan fingerprint density at radius 3 is 1.82 bits per heavy atom. The molecule has 2 nitrogen and oxygen atoms in total. The highest BCUT2D eigenvalue weighted by Crippen LogP contribution is 2.22. The second-order valence-corrected chi connectivity index (χ2v) is 3.16. The predicted octanol–water partition coefficient (Wildman–Crippen LogP) is 1.41. The van der Waals surface area contributed by atoms with Gasteiger partial charge in [-0.2, -0.15) is 0 Å². The van der Waals surface area contributed by atoms with E-state index in [1.807, 2.05) is 6.92 Å². The molecule has 0 saturated heterocycles. The molecule has 0 aliphatic rings. The first kappa shape index (κ1) is 10.9. The van der Waals surface area contributed by atoms with E-state index in [2.05, 4.69) is 6.92 Å². The van der Waals surface area contributed by atoms with E-state index < -0.39 is 0 Å². The first-order chi connectivity index (χ1) is 5.17. The van der Waals surface area contributed by atoms with Crippen LogP contribution in [0, 0.1) is 11.8 Å². The standard InChI is InChI=1S/C9H20O2/c1-4-8(6-10)9(5-2)7(3)11/h7-11H,4-6H2,1-3H3. The van der Waals surface area contributed by atoms with Crippen molar-refractivity contribution in [2.75, 3.05) is 6.61 Å². The second-order valence-electron chi connectivity index (χ2n) is 3.16. The van der Waals surface area contributed by atoms with Crippen molar-refractivity contribution >= 4 is 0 Å². The van der Waals surface area contributed by atoms with Gasteiger partial charge < -0.3 is 10.2 Å². The lowest BCUT2D eigenvalue weighted by atomic mass is 9.85. The van der Waals surface area contributed by atoms with Crippen LogP contribution < -0.4 is 0 Å². The average Bonchev–Trinajstić information content (AvgIpc) is 1.99. The molecule has 3 atom stereocenters. The van der Waals surface area contributed by atoms with Crippen molar-refractivity contribution in [2.24, 2.45) is 11.8 Å². The molecule has 0 bridgehead atoms. The Morgan fingerprint density at radius 1 is 1.18 bits per heavy atom. The fourth-order valence-electron chi connectivity index (χ4n) is 1.64. The van der Waals surface area contributed by atoms with E-state index in [1.54, 1.807) is 6.92 Å². The quantitative estimate of drug-likeness (QED) is 0.638. The second kappa shape index (κ2) is 5.56. The number of rotatable bonds is 5. The fourth-order valence-corrected chi connectivity index (χ4v) is 1.64. The summed E-state index contributed by atoms with van der Waals surface area (Å²) >= 11 is 0. The lowest BCUT2D eigenvalue weighted by Gasteiger charge is -2.25. The first-order valence-electron chi connectivity index (χ1n) is 4.46. The molecule has 0 rings (SSSR count).